The van der Waals surface area contributed by atoms with Crippen LogP contribution in [0.1, 0.15) is 6.92 Å². The standard InChI is InChI=1S/C14H22N2O2/c1-13(17)18-12-11-15-7-9-16(10-8-15)14-5-3-2-4-6-14/h2-6,13,17H,7-12H2,1H3. The van der Waals surface area contributed by atoms with Gasteiger partial charge in [0.25, 0.3) is 0 Å². The lowest BCUT2D eigenvalue weighted by Gasteiger charge is -2.36. The Bertz CT molecular complexity index is 335. The number of para-hydroxylation sites is 1. The Morgan fingerprint density at radius 2 is 1.83 bits per heavy atom. The van der Waals surface area contributed by atoms with Crippen LogP contribution in [0.25, 0.3) is 0 Å². The first-order valence-corrected chi connectivity index (χ1v) is 6.58. The van der Waals surface area contributed by atoms with E-state index in [1.807, 2.05) is 6.07 Å². The molecule has 4 nitrogen and oxygen atoms in total. The van der Waals surface area contributed by atoms with E-state index in [9.17, 15) is 0 Å². The molecular formula is C14H22N2O2. The summed E-state index contributed by atoms with van der Waals surface area (Å²) in [5.74, 6) is 0. The first-order valence-electron chi connectivity index (χ1n) is 6.58. The summed E-state index contributed by atoms with van der Waals surface area (Å²) in [6, 6.07) is 10.5. The number of hydrogen-bond donors (Lipinski definition) is 1. The van der Waals surface area contributed by atoms with Crippen LogP contribution in [-0.4, -0.2) is 55.6 Å². The third kappa shape index (κ3) is 3.98. The zero-order valence-corrected chi connectivity index (χ0v) is 11.0. The molecule has 2 rings (SSSR count). The molecule has 0 saturated carbocycles. The van der Waals surface area contributed by atoms with Crippen molar-refractivity contribution in [3.63, 3.8) is 0 Å². The first kappa shape index (κ1) is 13.3. The average molecular weight is 250 g/mol. The molecule has 1 aliphatic heterocycles. The summed E-state index contributed by atoms with van der Waals surface area (Å²) in [5, 5.41) is 9.02. The van der Waals surface area contributed by atoms with Crippen LogP contribution in [0.15, 0.2) is 30.3 Å². The maximum absolute atomic E-state index is 9.02. The molecule has 4 heteroatoms. The SMILES string of the molecule is CC(O)OCCN1CCN(c2ccccc2)CC1. The number of aliphatic hydroxyl groups excluding tert-OH is 1. The van der Waals surface area contributed by atoms with Crippen LogP contribution < -0.4 is 4.90 Å². The number of ether oxygens (including phenoxy) is 1. The van der Waals surface area contributed by atoms with Crippen molar-refractivity contribution in [2.75, 3.05) is 44.2 Å². The zero-order chi connectivity index (χ0) is 12.8. The highest BCUT2D eigenvalue weighted by Crippen LogP contribution is 2.15. The number of aliphatic hydroxyl groups is 1. The van der Waals surface area contributed by atoms with Crippen LogP contribution in [0.4, 0.5) is 5.69 Å². The Hall–Kier alpha value is -1.10. The Kier molecular flexibility index (Phi) is 4.99. The highest BCUT2D eigenvalue weighted by molar-refractivity contribution is 5.46. The van der Waals surface area contributed by atoms with E-state index in [0.29, 0.717) is 6.61 Å². The Morgan fingerprint density at radius 3 is 2.44 bits per heavy atom. The van der Waals surface area contributed by atoms with Gasteiger partial charge in [0, 0.05) is 38.4 Å². The molecule has 1 atom stereocenters. The monoisotopic (exact) mass is 250 g/mol. The van der Waals surface area contributed by atoms with Crippen molar-refractivity contribution in [2.45, 2.75) is 13.2 Å². The minimum atomic E-state index is -0.657. The van der Waals surface area contributed by atoms with Gasteiger partial charge in [0.15, 0.2) is 6.29 Å². The zero-order valence-electron chi connectivity index (χ0n) is 11.0. The molecule has 1 N–H and O–H groups in total. The first-order chi connectivity index (χ1) is 8.75. The number of nitrogens with zero attached hydrogens (tertiary/aromatic N) is 2. The van der Waals surface area contributed by atoms with Gasteiger partial charge in [-0.15, -0.1) is 0 Å². The molecule has 100 valence electrons. The van der Waals surface area contributed by atoms with Gasteiger partial charge < -0.3 is 14.7 Å². The predicted octanol–water partition coefficient (Wildman–Crippen LogP) is 1.16. The maximum Gasteiger partial charge on any atom is 0.151 e. The van der Waals surface area contributed by atoms with Crippen molar-refractivity contribution < 1.29 is 9.84 Å². The summed E-state index contributed by atoms with van der Waals surface area (Å²) >= 11 is 0. The van der Waals surface area contributed by atoms with Crippen molar-refractivity contribution in [2.24, 2.45) is 0 Å². The average Bonchev–Trinajstić information content (AvgIpc) is 2.40. The normalized spacial score (nSPS) is 18.9. The van der Waals surface area contributed by atoms with Crippen molar-refractivity contribution in [1.29, 1.82) is 0 Å². The molecular weight excluding hydrogens is 228 g/mol. The van der Waals surface area contributed by atoms with Crippen LogP contribution in [0, 0.1) is 0 Å². The molecule has 1 aliphatic rings. The smallest absolute Gasteiger partial charge is 0.151 e. The van der Waals surface area contributed by atoms with Crippen molar-refractivity contribution >= 4 is 5.69 Å². The van der Waals surface area contributed by atoms with Crippen molar-refractivity contribution in [3.8, 4) is 0 Å². The molecule has 0 spiro atoms. The molecule has 1 heterocycles. The van der Waals surface area contributed by atoms with Gasteiger partial charge in [0.1, 0.15) is 0 Å². The van der Waals surface area contributed by atoms with Crippen LogP contribution in [0.2, 0.25) is 0 Å². The van der Waals surface area contributed by atoms with Gasteiger partial charge in [-0.3, -0.25) is 4.90 Å². The van der Waals surface area contributed by atoms with Gasteiger partial charge >= 0.3 is 0 Å². The fraction of sp³-hybridized carbons (Fsp3) is 0.571. The Morgan fingerprint density at radius 1 is 1.17 bits per heavy atom. The van der Waals surface area contributed by atoms with E-state index < -0.39 is 6.29 Å². The Balaban J connectivity index is 1.71. The summed E-state index contributed by atoms with van der Waals surface area (Å²) in [6.45, 7) is 7.36. The highest BCUT2D eigenvalue weighted by Gasteiger charge is 2.16. The second-order valence-corrected chi connectivity index (χ2v) is 4.63. The highest BCUT2D eigenvalue weighted by atomic mass is 16.6. The summed E-state index contributed by atoms with van der Waals surface area (Å²) in [7, 11) is 0. The quantitative estimate of drug-likeness (QED) is 0.796. The predicted molar refractivity (Wildman–Crippen MR) is 72.7 cm³/mol. The molecule has 0 radical (unpaired) electrons. The van der Waals surface area contributed by atoms with Gasteiger partial charge in [0.2, 0.25) is 0 Å². The Labute approximate surface area is 109 Å². The second kappa shape index (κ2) is 6.73. The van der Waals surface area contributed by atoms with Crippen molar-refractivity contribution in [1.82, 2.24) is 4.90 Å². The summed E-state index contributed by atoms with van der Waals surface area (Å²) < 4.78 is 5.16. The van der Waals surface area contributed by atoms with E-state index in [1.54, 1.807) is 6.92 Å². The molecule has 1 aromatic carbocycles. The summed E-state index contributed by atoms with van der Waals surface area (Å²) in [5.41, 5.74) is 1.30. The minimum absolute atomic E-state index is 0.600. The molecule has 1 saturated heterocycles. The molecule has 1 fully saturated rings. The van der Waals surface area contributed by atoms with E-state index in [4.69, 9.17) is 9.84 Å². The van der Waals surface area contributed by atoms with Gasteiger partial charge in [-0.2, -0.15) is 0 Å². The van der Waals surface area contributed by atoms with E-state index in [0.717, 1.165) is 32.7 Å². The van der Waals surface area contributed by atoms with E-state index in [1.165, 1.54) is 5.69 Å². The van der Waals surface area contributed by atoms with Crippen LogP contribution in [-0.2, 0) is 4.74 Å². The third-order valence-electron chi connectivity index (χ3n) is 3.26. The van der Waals surface area contributed by atoms with E-state index in [2.05, 4.69) is 34.1 Å². The minimum Gasteiger partial charge on any atom is -0.369 e. The largest absolute Gasteiger partial charge is 0.369 e. The number of piperazine rings is 1. The van der Waals surface area contributed by atoms with E-state index >= 15 is 0 Å². The van der Waals surface area contributed by atoms with Crippen LogP contribution in [0.3, 0.4) is 0 Å². The number of anilines is 1. The molecule has 0 bridgehead atoms. The maximum atomic E-state index is 9.02. The van der Waals surface area contributed by atoms with Gasteiger partial charge in [-0.1, -0.05) is 18.2 Å². The van der Waals surface area contributed by atoms with E-state index in [-0.39, 0.29) is 0 Å². The number of benzene rings is 1. The molecule has 18 heavy (non-hydrogen) atoms. The summed E-state index contributed by atoms with van der Waals surface area (Å²) in [4.78, 5) is 4.79. The molecule has 0 amide bonds. The molecule has 0 aromatic heterocycles. The molecule has 1 unspecified atom stereocenters. The van der Waals surface area contributed by atoms with Crippen LogP contribution in [0.5, 0.6) is 0 Å². The molecule has 0 aliphatic carbocycles. The second-order valence-electron chi connectivity index (χ2n) is 4.63. The van der Waals surface area contributed by atoms with Gasteiger partial charge in [-0.25, -0.2) is 0 Å². The van der Waals surface area contributed by atoms with Gasteiger partial charge in [-0.05, 0) is 19.1 Å². The lowest BCUT2D eigenvalue weighted by Crippen LogP contribution is -2.47. The fourth-order valence-corrected chi connectivity index (χ4v) is 2.22. The summed E-state index contributed by atoms with van der Waals surface area (Å²) in [6.07, 6.45) is -0.657. The lowest BCUT2D eigenvalue weighted by molar-refractivity contribution is -0.0894. The van der Waals surface area contributed by atoms with Gasteiger partial charge in [0.05, 0.1) is 6.61 Å². The fourth-order valence-electron chi connectivity index (χ4n) is 2.22. The third-order valence-corrected chi connectivity index (χ3v) is 3.26. The number of rotatable bonds is 5. The van der Waals surface area contributed by atoms with Crippen molar-refractivity contribution in [3.05, 3.63) is 30.3 Å². The molecule has 1 aromatic rings. The number of hydrogen-bond acceptors (Lipinski definition) is 4. The lowest BCUT2D eigenvalue weighted by atomic mass is 10.2. The topological polar surface area (TPSA) is 35.9 Å². The van der Waals surface area contributed by atoms with Crippen LogP contribution >= 0.6 is 0 Å².